The number of carbonyl (C=O) groups is 1. The van der Waals surface area contributed by atoms with Gasteiger partial charge in [0.1, 0.15) is 5.75 Å². The lowest BCUT2D eigenvalue weighted by atomic mass is 10.1. The highest BCUT2D eigenvalue weighted by Gasteiger charge is 2.24. The Kier molecular flexibility index (Phi) is 6.33. The average Bonchev–Trinajstić information content (AvgIpc) is 3.09. The summed E-state index contributed by atoms with van der Waals surface area (Å²) in [6.07, 6.45) is 0.755. The zero-order chi connectivity index (χ0) is 22.0. The number of anilines is 1. The zero-order valence-electron chi connectivity index (χ0n) is 17.7. The molecule has 0 radical (unpaired) electrons. The highest BCUT2D eigenvalue weighted by atomic mass is 35.5. The molecule has 0 fully saturated rings. The maximum Gasteiger partial charge on any atom is 0.268 e. The van der Waals surface area contributed by atoms with E-state index >= 15 is 0 Å². The summed E-state index contributed by atoms with van der Waals surface area (Å²) in [6.45, 7) is 1.27. The molecule has 4 rings (SSSR count). The minimum Gasteiger partial charge on any atom is -0.493 e. The lowest BCUT2D eigenvalue weighted by molar-refractivity contribution is 0.0996. The van der Waals surface area contributed by atoms with Crippen molar-refractivity contribution >= 4 is 34.5 Å². The van der Waals surface area contributed by atoms with E-state index in [1.165, 1.54) is 11.3 Å². The van der Waals surface area contributed by atoms with Gasteiger partial charge in [-0.3, -0.25) is 9.69 Å². The summed E-state index contributed by atoms with van der Waals surface area (Å²) in [5.74, 6) is 7.09. The van der Waals surface area contributed by atoms with Crippen molar-refractivity contribution in [2.45, 2.75) is 6.42 Å². The number of thiophene rings is 1. The standard InChI is InChI=1S/C25H23ClN2O2S/c1-27(2)13-6-7-17-10-11-19-22(15-17)30-14-12-18-16-23(31-24(18)19)25(29)28(3)21-9-5-4-8-20(21)26/h4-5,8-11,15-16H,12-14H2,1-3H3. The van der Waals surface area contributed by atoms with E-state index in [0.717, 1.165) is 33.7 Å². The van der Waals surface area contributed by atoms with Crippen LogP contribution in [0.15, 0.2) is 48.5 Å². The molecule has 3 aromatic rings. The summed E-state index contributed by atoms with van der Waals surface area (Å²) in [5, 5.41) is 0.554. The normalized spacial score (nSPS) is 12.2. The van der Waals surface area contributed by atoms with E-state index in [9.17, 15) is 4.79 Å². The summed E-state index contributed by atoms with van der Waals surface area (Å²) < 4.78 is 6.01. The monoisotopic (exact) mass is 450 g/mol. The minimum atomic E-state index is -0.0696. The molecule has 31 heavy (non-hydrogen) atoms. The molecule has 1 aliphatic rings. The highest BCUT2D eigenvalue weighted by Crippen LogP contribution is 2.41. The molecular weight excluding hydrogens is 428 g/mol. The number of rotatable bonds is 3. The maximum absolute atomic E-state index is 13.2. The Labute approximate surface area is 192 Å². The van der Waals surface area contributed by atoms with E-state index in [1.807, 2.05) is 61.5 Å². The van der Waals surface area contributed by atoms with Crippen molar-refractivity contribution in [3.8, 4) is 28.0 Å². The molecule has 0 spiro atoms. The first-order chi connectivity index (χ1) is 14.9. The molecule has 0 bridgehead atoms. The van der Waals surface area contributed by atoms with Crippen LogP contribution in [0.2, 0.25) is 5.02 Å². The number of para-hydroxylation sites is 1. The number of benzene rings is 2. The lowest BCUT2D eigenvalue weighted by Crippen LogP contribution is -2.25. The number of nitrogens with zero attached hydrogens (tertiary/aromatic N) is 2. The van der Waals surface area contributed by atoms with Crippen LogP contribution >= 0.6 is 22.9 Å². The molecule has 1 aromatic heterocycles. The number of carbonyl (C=O) groups excluding carboxylic acids is 1. The van der Waals surface area contributed by atoms with E-state index in [0.29, 0.717) is 28.7 Å². The molecule has 0 aliphatic carbocycles. The zero-order valence-corrected chi connectivity index (χ0v) is 19.3. The fraction of sp³-hybridized carbons (Fsp3) is 0.240. The molecule has 158 valence electrons. The SMILES string of the molecule is CN(C)CC#Cc1ccc2c(c1)OCCc1cc(C(=O)N(C)c3ccccc3Cl)sc1-2. The number of hydrogen-bond donors (Lipinski definition) is 0. The smallest absolute Gasteiger partial charge is 0.268 e. The van der Waals surface area contributed by atoms with Crippen molar-refractivity contribution in [1.29, 1.82) is 0 Å². The van der Waals surface area contributed by atoms with Gasteiger partial charge in [-0.1, -0.05) is 35.6 Å². The molecular formula is C25H23ClN2O2S. The van der Waals surface area contributed by atoms with Gasteiger partial charge in [0, 0.05) is 29.5 Å². The van der Waals surface area contributed by atoms with Crippen LogP contribution in [0.1, 0.15) is 20.8 Å². The van der Waals surface area contributed by atoms with E-state index < -0.39 is 0 Å². The minimum absolute atomic E-state index is 0.0696. The Bertz CT molecular complexity index is 1190. The first kappa shape index (κ1) is 21.5. The van der Waals surface area contributed by atoms with Crippen molar-refractivity contribution in [3.05, 3.63) is 69.6 Å². The second-order valence-electron chi connectivity index (χ2n) is 7.63. The third-order valence-corrected chi connectivity index (χ3v) is 6.54. The summed E-state index contributed by atoms with van der Waals surface area (Å²) in [6, 6.07) is 15.4. The maximum atomic E-state index is 13.2. The van der Waals surface area contributed by atoms with E-state index in [1.54, 1.807) is 18.0 Å². The van der Waals surface area contributed by atoms with Gasteiger partial charge in [-0.15, -0.1) is 11.3 Å². The molecule has 2 heterocycles. The van der Waals surface area contributed by atoms with Crippen LogP contribution in [0.3, 0.4) is 0 Å². The molecule has 0 saturated heterocycles. The van der Waals surface area contributed by atoms with Crippen molar-refractivity contribution in [2.24, 2.45) is 0 Å². The number of hydrogen-bond acceptors (Lipinski definition) is 4. The first-order valence-corrected chi connectivity index (χ1v) is 11.2. The Morgan fingerprint density at radius 2 is 1.97 bits per heavy atom. The molecule has 0 atom stereocenters. The van der Waals surface area contributed by atoms with Gasteiger partial charge in [0.25, 0.3) is 5.91 Å². The van der Waals surface area contributed by atoms with Crippen molar-refractivity contribution < 1.29 is 9.53 Å². The molecule has 0 saturated carbocycles. The summed E-state index contributed by atoms with van der Waals surface area (Å²) >= 11 is 7.79. The van der Waals surface area contributed by atoms with E-state index in [-0.39, 0.29) is 5.91 Å². The largest absolute Gasteiger partial charge is 0.493 e. The van der Waals surface area contributed by atoms with Crippen LogP contribution in [-0.2, 0) is 6.42 Å². The van der Waals surface area contributed by atoms with Gasteiger partial charge in [-0.05, 0) is 56.1 Å². The van der Waals surface area contributed by atoms with Crippen LogP contribution in [-0.4, -0.2) is 45.1 Å². The van der Waals surface area contributed by atoms with Crippen LogP contribution in [0, 0.1) is 11.8 Å². The Morgan fingerprint density at radius 1 is 1.16 bits per heavy atom. The highest BCUT2D eigenvalue weighted by molar-refractivity contribution is 7.17. The van der Waals surface area contributed by atoms with Crippen molar-refractivity contribution in [3.63, 3.8) is 0 Å². The van der Waals surface area contributed by atoms with Gasteiger partial charge in [-0.25, -0.2) is 0 Å². The van der Waals surface area contributed by atoms with Gasteiger partial charge in [-0.2, -0.15) is 0 Å². The average molecular weight is 451 g/mol. The summed E-state index contributed by atoms with van der Waals surface area (Å²) in [4.78, 5) is 18.6. The molecule has 6 heteroatoms. The van der Waals surface area contributed by atoms with Gasteiger partial charge in [0.05, 0.1) is 28.7 Å². The Hall–Kier alpha value is -2.78. The predicted octanol–water partition coefficient (Wildman–Crippen LogP) is 5.19. The third kappa shape index (κ3) is 4.62. The molecule has 1 aliphatic heterocycles. The third-order valence-electron chi connectivity index (χ3n) is 5.02. The van der Waals surface area contributed by atoms with E-state index in [2.05, 4.69) is 11.8 Å². The van der Waals surface area contributed by atoms with Crippen molar-refractivity contribution in [1.82, 2.24) is 4.90 Å². The van der Waals surface area contributed by atoms with Crippen molar-refractivity contribution in [2.75, 3.05) is 39.2 Å². The second kappa shape index (κ2) is 9.15. The summed E-state index contributed by atoms with van der Waals surface area (Å²) in [5.41, 5.74) is 3.76. The fourth-order valence-corrected chi connectivity index (χ4v) is 4.90. The first-order valence-electron chi connectivity index (χ1n) is 10.00. The lowest BCUT2D eigenvalue weighted by Gasteiger charge is -2.17. The van der Waals surface area contributed by atoms with E-state index in [4.69, 9.17) is 16.3 Å². The van der Waals surface area contributed by atoms with Gasteiger partial charge < -0.3 is 9.64 Å². The fourth-order valence-electron chi connectivity index (χ4n) is 3.42. The van der Waals surface area contributed by atoms with Crippen LogP contribution in [0.5, 0.6) is 5.75 Å². The molecule has 0 unspecified atom stereocenters. The summed E-state index contributed by atoms with van der Waals surface area (Å²) in [7, 11) is 5.74. The van der Waals surface area contributed by atoms with Crippen LogP contribution in [0.4, 0.5) is 5.69 Å². The molecule has 0 N–H and O–H groups in total. The second-order valence-corrected chi connectivity index (χ2v) is 9.09. The number of ether oxygens (including phenoxy) is 1. The van der Waals surface area contributed by atoms with Gasteiger partial charge in [0.15, 0.2) is 0 Å². The molecule has 2 aromatic carbocycles. The van der Waals surface area contributed by atoms with Gasteiger partial charge in [0.2, 0.25) is 0 Å². The molecule has 1 amide bonds. The van der Waals surface area contributed by atoms with Gasteiger partial charge >= 0.3 is 0 Å². The number of fused-ring (bicyclic) bond motifs is 3. The quantitative estimate of drug-likeness (QED) is 0.514. The Balaban J connectivity index is 1.65. The number of amides is 1. The Morgan fingerprint density at radius 3 is 2.74 bits per heavy atom. The number of halogens is 1. The van der Waals surface area contributed by atoms with Crippen LogP contribution in [0.25, 0.3) is 10.4 Å². The topological polar surface area (TPSA) is 32.8 Å². The van der Waals surface area contributed by atoms with Crippen LogP contribution < -0.4 is 9.64 Å². The predicted molar refractivity (Wildman–Crippen MR) is 129 cm³/mol. The molecule has 4 nitrogen and oxygen atoms in total.